The molecule has 6 heteroatoms. The highest BCUT2D eigenvalue weighted by Gasteiger charge is 2.05. The summed E-state index contributed by atoms with van der Waals surface area (Å²) in [5.74, 6) is -1.19. The van der Waals surface area contributed by atoms with Crippen LogP contribution in [0.15, 0.2) is 24.3 Å². The molecule has 0 saturated heterocycles. The van der Waals surface area contributed by atoms with E-state index in [2.05, 4.69) is 15.6 Å². The molecule has 0 fully saturated rings. The van der Waals surface area contributed by atoms with Gasteiger partial charge in [0, 0.05) is 7.11 Å². The van der Waals surface area contributed by atoms with Gasteiger partial charge in [0.25, 0.3) is 5.91 Å². The molecule has 1 aromatic carbocycles. The monoisotopic (exact) mass is 240 g/mol. The van der Waals surface area contributed by atoms with E-state index in [1.54, 1.807) is 0 Å². The lowest BCUT2D eigenvalue weighted by molar-refractivity contribution is -0.130. The van der Waals surface area contributed by atoms with Crippen LogP contribution >= 0.6 is 0 Å². The summed E-state index contributed by atoms with van der Waals surface area (Å²) in [5, 5.41) is 0. The molecule has 0 radical (unpaired) electrons. The summed E-state index contributed by atoms with van der Waals surface area (Å²) < 4.78 is 17.2. The number of benzene rings is 1. The smallest absolute Gasteiger partial charge is 0.264 e. The van der Waals surface area contributed by atoms with Gasteiger partial charge in [-0.25, -0.2) is 4.39 Å². The third kappa shape index (κ3) is 5.07. The van der Waals surface area contributed by atoms with Crippen LogP contribution < -0.4 is 10.9 Å². The van der Waals surface area contributed by atoms with E-state index in [0.717, 1.165) is 0 Å². The number of rotatable bonds is 4. The minimum absolute atomic E-state index is 0.0630. The van der Waals surface area contributed by atoms with Crippen LogP contribution in [-0.4, -0.2) is 25.5 Å². The number of nitrogens with one attached hydrogen (secondary N) is 2. The topological polar surface area (TPSA) is 67.4 Å². The van der Waals surface area contributed by atoms with Crippen molar-refractivity contribution in [3.63, 3.8) is 0 Å². The van der Waals surface area contributed by atoms with Gasteiger partial charge in [0.05, 0.1) is 6.42 Å². The maximum Gasteiger partial charge on any atom is 0.264 e. The number of amides is 2. The predicted molar refractivity (Wildman–Crippen MR) is 58.3 cm³/mol. The van der Waals surface area contributed by atoms with Crippen LogP contribution in [0.4, 0.5) is 4.39 Å². The van der Waals surface area contributed by atoms with Crippen molar-refractivity contribution in [2.75, 3.05) is 13.7 Å². The Hall–Kier alpha value is -1.95. The maximum absolute atomic E-state index is 12.6. The molecule has 2 N–H and O–H groups in total. The van der Waals surface area contributed by atoms with E-state index in [4.69, 9.17) is 0 Å². The molecule has 1 aromatic rings. The molecule has 0 saturated carbocycles. The van der Waals surface area contributed by atoms with E-state index in [1.165, 1.54) is 31.4 Å². The van der Waals surface area contributed by atoms with Gasteiger partial charge in [-0.3, -0.25) is 20.4 Å². The van der Waals surface area contributed by atoms with Gasteiger partial charge < -0.3 is 4.74 Å². The molecular formula is C11H13FN2O3. The largest absolute Gasteiger partial charge is 0.375 e. The summed E-state index contributed by atoms with van der Waals surface area (Å²) in [6, 6.07) is 5.55. The second kappa shape index (κ2) is 6.59. The number of halogens is 1. The van der Waals surface area contributed by atoms with Gasteiger partial charge in [-0.15, -0.1) is 0 Å². The first-order valence-electron chi connectivity index (χ1n) is 4.93. The Kier molecular flexibility index (Phi) is 5.09. The lowest BCUT2D eigenvalue weighted by atomic mass is 10.1. The number of carbonyl (C=O) groups excluding carboxylic acids is 2. The van der Waals surface area contributed by atoms with Crippen LogP contribution in [0, 0.1) is 5.82 Å². The number of hydrogen-bond acceptors (Lipinski definition) is 3. The van der Waals surface area contributed by atoms with Gasteiger partial charge in [0.1, 0.15) is 12.4 Å². The highest BCUT2D eigenvalue weighted by molar-refractivity contribution is 5.83. The van der Waals surface area contributed by atoms with Crippen molar-refractivity contribution in [1.29, 1.82) is 0 Å². The Bertz CT molecular complexity index is 392. The minimum Gasteiger partial charge on any atom is -0.375 e. The van der Waals surface area contributed by atoms with Gasteiger partial charge in [0.15, 0.2) is 0 Å². The minimum atomic E-state index is -0.444. The molecule has 92 valence electrons. The average molecular weight is 240 g/mol. The van der Waals surface area contributed by atoms with Crippen LogP contribution in [0.25, 0.3) is 0 Å². The first-order chi connectivity index (χ1) is 8.11. The number of carbonyl (C=O) groups is 2. The maximum atomic E-state index is 12.6. The molecule has 5 nitrogen and oxygen atoms in total. The lowest BCUT2D eigenvalue weighted by Gasteiger charge is -2.06. The second-order valence-electron chi connectivity index (χ2n) is 3.33. The summed E-state index contributed by atoms with van der Waals surface area (Å²) in [6.45, 7) is -0.128. The molecule has 0 heterocycles. The van der Waals surface area contributed by atoms with Crippen LogP contribution in [0.1, 0.15) is 5.56 Å². The van der Waals surface area contributed by atoms with E-state index in [9.17, 15) is 14.0 Å². The number of methoxy groups -OCH3 is 1. The predicted octanol–water partition coefficient (Wildman–Crippen LogP) is 0.162. The van der Waals surface area contributed by atoms with E-state index in [0.29, 0.717) is 5.56 Å². The van der Waals surface area contributed by atoms with Crippen LogP contribution in [-0.2, 0) is 20.7 Å². The van der Waals surface area contributed by atoms with Crippen LogP contribution in [0.5, 0.6) is 0 Å². The standard InChI is InChI=1S/C11H13FN2O3/c1-17-7-11(16)14-13-10(15)6-8-2-4-9(12)5-3-8/h2-5H,6-7H2,1H3,(H,13,15)(H,14,16). The highest BCUT2D eigenvalue weighted by Crippen LogP contribution is 2.02. The van der Waals surface area contributed by atoms with E-state index >= 15 is 0 Å². The van der Waals surface area contributed by atoms with E-state index in [-0.39, 0.29) is 24.8 Å². The highest BCUT2D eigenvalue weighted by atomic mass is 19.1. The first-order valence-corrected chi connectivity index (χ1v) is 4.93. The molecule has 0 aromatic heterocycles. The van der Waals surface area contributed by atoms with Gasteiger partial charge in [-0.05, 0) is 17.7 Å². The second-order valence-corrected chi connectivity index (χ2v) is 3.33. The Morgan fingerprint density at radius 1 is 1.18 bits per heavy atom. The van der Waals surface area contributed by atoms with Crippen molar-refractivity contribution >= 4 is 11.8 Å². The van der Waals surface area contributed by atoms with Crippen LogP contribution in [0.3, 0.4) is 0 Å². The molecule has 0 aliphatic rings. The number of ether oxygens (including phenoxy) is 1. The summed E-state index contributed by atoms with van der Waals surface area (Å²) in [6.07, 6.45) is 0.0630. The Labute approximate surface area is 97.9 Å². The third-order valence-corrected chi connectivity index (χ3v) is 1.89. The summed E-state index contributed by atoms with van der Waals surface area (Å²) >= 11 is 0. The zero-order valence-corrected chi connectivity index (χ0v) is 9.33. The van der Waals surface area contributed by atoms with Gasteiger partial charge in [-0.2, -0.15) is 0 Å². The van der Waals surface area contributed by atoms with Crippen molar-refractivity contribution in [2.24, 2.45) is 0 Å². The van der Waals surface area contributed by atoms with Crippen molar-refractivity contribution < 1.29 is 18.7 Å². The van der Waals surface area contributed by atoms with Crippen molar-refractivity contribution in [1.82, 2.24) is 10.9 Å². The normalized spacial score (nSPS) is 9.76. The zero-order chi connectivity index (χ0) is 12.7. The van der Waals surface area contributed by atoms with Gasteiger partial charge in [0.2, 0.25) is 5.91 Å². The van der Waals surface area contributed by atoms with Crippen molar-refractivity contribution in [3.8, 4) is 0 Å². The molecule has 0 spiro atoms. The Morgan fingerprint density at radius 3 is 2.35 bits per heavy atom. The Balaban J connectivity index is 2.34. The molecule has 0 bridgehead atoms. The van der Waals surface area contributed by atoms with E-state index < -0.39 is 5.91 Å². The number of hydrazine groups is 1. The molecule has 1 rings (SSSR count). The van der Waals surface area contributed by atoms with Gasteiger partial charge >= 0.3 is 0 Å². The molecular weight excluding hydrogens is 227 g/mol. The van der Waals surface area contributed by atoms with E-state index in [1.807, 2.05) is 0 Å². The SMILES string of the molecule is COCC(=O)NNC(=O)Cc1ccc(F)cc1. The van der Waals surface area contributed by atoms with Crippen molar-refractivity contribution in [3.05, 3.63) is 35.6 Å². The summed E-state index contributed by atoms with van der Waals surface area (Å²) in [4.78, 5) is 22.3. The third-order valence-electron chi connectivity index (χ3n) is 1.89. The Morgan fingerprint density at radius 2 is 1.76 bits per heavy atom. The molecule has 0 unspecified atom stereocenters. The number of hydrogen-bond donors (Lipinski definition) is 2. The van der Waals surface area contributed by atoms with Crippen molar-refractivity contribution in [2.45, 2.75) is 6.42 Å². The zero-order valence-electron chi connectivity index (χ0n) is 9.33. The fourth-order valence-electron chi connectivity index (χ4n) is 1.14. The lowest BCUT2D eigenvalue weighted by Crippen LogP contribution is -2.43. The molecule has 2 amide bonds. The summed E-state index contributed by atoms with van der Waals surface area (Å²) in [5.41, 5.74) is 5.05. The van der Waals surface area contributed by atoms with Gasteiger partial charge in [-0.1, -0.05) is 12.1 Å². The molecule has 0 aliphatic carbocycles. The fraction of sp³-hybridized carbons (Fsp3) is 0.273. The molecule has 17 heavy (non-hydrogen) atoms. The average Bonchev–Trinajstić information content (AvgIpc) is 2.30. The molecule has 0 atom stereocenters. The van der Waals surface area contributed by atoms with Crippen LogP contribution in [0.2, 0.25) is 0 Å². The quantitative estimate of drug-likeness (QED) is 0.737. The summed E-state index contributed by atoms with van der Waals surface area (Å²) in [7, 11) is 1.37. The fourth-order valence-corrected chi connectivity index (χ4v) is 1.14. The molecule has 0 aliphatic heterocycles. The first kappa shape index (κ1) is 13.1.